The normalized spacial score (nSPS) is 12.3. The van der Waals surface area contributed by atoms with Gasteiger partial charge in [-0.2, -0.15) is 0 Å². The molecule has 3 nitrogen and oxygen atoms in total. The highest BCUT2D eigenvalue weighted by molar-refractivity contribution is 5.91. The van der Waals surface area contributed by atoms with E-state index in [1.54, 1.807) is 7.11 Å². The van der Waals surface area contributed by atoms with E-state index < -0.39 is 0 Å². The number of rotatable bonds is 4. The summed E-state index contributed by atoms with van der Waals surface area (Å²) >= 11 is 0. The lowest BCUT2D eigenvalue weighted by atomic mass is 9.92. The van der Waals surface area contributed by atoms with Crippen molar-refractivity contribution in [3.05, 3.63) is 42.0 Å². The molecule has 2 rings (SSSR count). The Morgan fingerprint density at radius 1 is 1.22 bits per heavy atom. The number of fused-ring (bicyclic) bond motifs is 1. The zero-order chi connectivity index (χ0) is 13.1. The maximum Gasteiger partial charge on any atom is 0.218 e. The van der Waals surface area contributed by atoms with Crippen molar-refractivity contribution in [1.29, 1.82) is 0 Å². The fraction of sp³-hybridized carbons (Fsp3) is 0.267. The van der Waals surface area contributed by atoms with Crippen LogP contribution in [0.2, 0.25) is 0 Å². The van der Waals surface area contributed by atoms with Gasteiger partial charge in [-0.05, 0) is 22.9 Å². The minimum atomic E-state index is -0.276. The van der Waals surface area contributed by atoms with E-state index in [-0.39, 0.29) is 11.8 Å². The van der Waals surface area contributed by atoms with Crippen LogP contribution in [0.4, 0.5) is 0 Å². The summed E-state index contributed by atoms with van der Waals surface area (Å²) in [6.45, 7) is 2.01. The van der Waals surface area contributed by atoms with E-state index in [4.69, 9.17) is 10.5 Å². The molecule has 2 aromatic rings. The first-order valence-electron chi connectivity index (χ1n) is 5.97. The standard InChI is InChI=1S/C15H17NO2/c1-10(9-15(16)17)11-7-8-14(18-2)13-6-4-3-5-12(11)13/h3-8,10H,9H2,1-2H3,(H2,16,17). The van der Waals surface area contributed by atoms with Crippen LogP contribution in [0.3, 0.4) is 0 Å². The van der Waals surface area contributed by atoms with Crippen LogP contribution in [0, 0.1) is 0 Å². The second-order valence-electron chi connectivity index (χ2n) is 4.47. The van der Waals surface area contributed by atoms with Gasteiger partial charge >= 0.3 is 0 Å². The molecule has 1 atom stereocenters. The second-order valence-corrected chi connectivity index (χ2v) is 4.47. The third-order valence-corrected chi connectivity index (χ3v) is 3.18. The van der Waals surface area contributed by atoms with Gasteiger partial charge in [0.25, 0.3) is 0 Å². The number of hydrogen-bond donors (Lipinski definition) is 1. The van der Waals surface area contributed by atoms with Gasteiger partial charge in [0.15, 0.2) is 0 Å². The lowest BCUT2D eigenvalue weighted by Gasteiger charge is -2.15. The average molecular weight is 243 g/mol. The maximum atomic E-state index is 11.0. The van der Waals surface area contributed by atoms with Crippen molar-refractivity contribution >= 4 is 16.7 Å². The molecule has 0 bridgehead atoms. The van der Waals surface area contributed by atoms with Crippen LogP contribution in [-0.2, 0) is 4.79 Å². The fourth-order valence-electron chi connectivity index (χ4n) is 2.31. The van der Waals surface area contributed by atoms with Gasteiger partial charge in [-0.3, -0.25) is 4.79 Å². The van der Waals surface area contributed by atoms with Gasteiger partial charge in [-0.15, -0.1) is 0 Å². The molecule has 0 saturated carbocycles. The highest BCUT2D eigenvalue weighted by atomic mass is 16.5. The molecule has 1 unspecified atom stereocenters. The van der Waals surface area contributed by atoms with Gasteiger partial charge in [-0.25, -0.2) is 0 Å². The molecule has 0 fully saturated rings. The minimum Gasteiger partial charge on any atom is -0.496 e. The van der Waals surface area contributed by atoms with E-state index in [0.717, 1.165) is 22.1 Å². The largest absolute Gasteiger partial charge is 0.496 e. The number of nitrogens with two attached hydrogens (primary N) is 1. The third kappa shape index (κ3) is 2.30. The Morgan fingerprint density at radius 2 is 1.89 bits per heavy atom. The molecule has 0 radical (unpaired) electrons. The summed E-state index contributed by atoms with van der Waals surface area (Å²) in [6.07, 6.45) is 0.357. The summed E-state index contributed by atoms with van der Waals surface area (Å²) in [5.41, 5.74) is 6.40. The second kappa shape index (κ2) is 5.08. The lowest BCUT2D eigenvalue weighted by Crippen LogP contribution is -2.13. The Morgan fingerprint density at radius 3 is 2.50 bits per heavy atom. The van der Waals surface area contributed by atoms with Crippen LogP contribution in [0.1, 0.15) is 24.8 Å². The summed E-state index contributed by atoms with van der Waals surface area (Å²) in [5.74, 6) is 0.682. The zero-order valence-corrected chi connectivity index (χ0v) is 10.6. The van der Waals surface area contributed by atoms with Gasteiger partial charge < -0.3 is 10.5 Å². The fourth-order valence-corrected chi connectivity index (χ4v) is 2.31. The van der Waals surface area contributed by atoms with Crippen LogP contribution in [0.25, 0.3) is 10.8 Å². The maximum absolute atomic E-state index is 11.0. The van der Waals surface area contributed by atoms with E-state index in [1.807, 2.05) is 43.3 Å². The highest BCUT2D eigenvalue weighted by Crippen LogP contribution is 2.33. The Balaban J connectivity index is 2.55. The first-order valence-corrected chi connectivity index (χ1v) is 5.97. The summed E-state index contributed by atoms with van der Waals surface area (Å²) in [7, 11) is 1.66. The molecule has 0 heterocycles. The summed E-state index contributed by atoms with van der Waals surface area (Å²) < 4.78 is 5.35. The van der Waals surface area contributed by atoms with Crippen LogP contribution >= 0.6 is 0 Å². The first-order chi connectivity index (χ1) is 8.63. The number of carbonyl (C=O) groups excluding carboxylic acids is 1. The minimum absolute atomic E-state index is 0.110. The third-order valence-electron chi connectivity index (χ3n) is 3.18. The molecule has 0 aliphatic carbocycles. The number of hydrogen-bond acceptors (Lipinski definition) is 2. The summed E-state index contributed by atoms with van der Waals surface area (Å²) in [6, 6.07) is 12.0. The quantitative estimate of drug-likeness (QED) is 0.897. The van der Waals surface area contributed by atoms with E-state index >= 15 is 0 Å². The van der Waals surface area contributed by atoms with Gasteiger partial charge in [0.1, 0.15) is 5.75 Å². The molecular weight excluding hydrogens is 226 g/mol. The van der Waals surface area contributed by atoms with Crippen LogP contribution in [0.5, 0.6) is 5.75 Å². The summed E-state index contributed by atoms with van der Waals surface area (Å²) in [5, 5.41) is 2.18. The molecule has 2 N–H and O–H groups in total. The Hall–Kier alpha value is -2.03. The van der Waals surface area contributed by atoms with E-state index in [2.05, 4.69) is 0 Å². The van der Waals surface area contributed by atoms with Crippen molar-refractivity contribution in [2.24, 2.45) is 5.73 Å². The van der Waals surface area contributed by atoms with Crippen LogP contribution in [0.15, 0.2) is 36.4 Å². The highest BCUT2D eigenvalue weighted by Gasteiger charge is 2.13. The predicted octanol–water partition coefficient (Wildman–Crippen LogP) is 2.83. The van der Waals surface area contributed by atoms with Crippen molar-refractivity contribution in [2.45, 2.75) is 19.3 Å². The van der Waals surface area contributed by atoms with Gasteiger partial charge in [-0.1, -0.05) is 37.3 Å². The van der Waals surface area contributed by atoms with Crippen molar-refractivity contribution in [2.75, 3.05) is 7.11 Å². The van der Waals surface area contributed by atoms with Crippen LogP contribution < -0.4 is 10.5 Å². The predicted molar refractivity (Wildman–Crippen MR) is 72.7 cm³/mol. The topological polar surface area (TPSA) is 52.3 Å². The molecule has 1 amide bonds. The van der Waals surface area contributed by atoms with Crippen molar-refractivity contribution in [1.82, 2.24) is 0 Å². The Labute approximate surface area is 107 Å². The lowest BCUT2D eigenvalue weighted by molar-refractivity contribution is -0.118. The Bertz CT molecular complexity index is 578. The Kier molecular flexibility index (Phi) is 3.51. The number of ether oxygens (including phenoxy) is 1. The van der Waals surface area contributed by atoms with E-state index in [0.29, 0.717) is 6.42 Å². The van der Waals surface area contributed by atoms with Crippen LogP contribution in [-0.4, -0.2) is 13.0 Å². The molecule has 18 heavy (non-hydrogen) atoms. The summed E-state index contributed by atoms with van der Waals surface area (Å²) in [4.78, 5) is 11.0. The van der Waals surface area contributed by atoms with Crippen molar-refractivity contribution < 1.29 is 9.53 Å². The van der Waals surface area contributed by atoms with E-state index in [9.17, 15) is 4.79 Å². The smallest absolute Gasteiger partial charge is 0.218 e. The molecule has 0 spiro atoms. The van der Waals surface area contributed by atoms with Crippen molar-refractivity contribution in [3.8, 4) is 5.75 Å². The molecule has 2 aromatic carbocycles. The first kappa shape index (κ1) is 12.4. The number of methoxy groups -OCH3 is 1. The molecule has 94 valence electrons. The van der Waals surface area contributed by atoms with Crippen molar-refractivity contribution in [3.63, 3.8) is 0 Å². The SMILES string of the molecule is COc1ccc(C(C)CC(N)=O)c2ccccc12. The van der Waals surface area contributed by atoms with Gasteiger partial charge in [0, 0.05) is 11.8 Å². The number of carbonyl (C=O) groups is 1. The van der Waals surface area contributed by atoms with Gasteiger partial charge in [0.2, 0.25) is 5.91 Å². The van der Waals surface area contributed by atoms with Gasteiger partial charge in [0.05, 0.1) is 7.11 Å². The molecule has 0 saturated heterocycles. The number of primary amides is 1. The average Bonchev–Trinajstić information content (AvgIpc) is 2.36. The molecule has 0 aromatic heterocycles. The molecular formula is C15H17NO2. The molecule has 3 heteroatoms. The molecule has 0 aliphatic rings. The molecule has 0 aliphatic heterocycles. The number of amides is 1. The monoisotopic (exact) mass is 243 g/mol. The number of benzene rings is 2. The zero-order valence-electron chi connectivity index (χ0n) is 10.6. The van der Waals surface area contributed by atoms with E-state index in [1.165, 1.54) is 0 Å².